The smallest absolute Gasteiger partial charge is 0.230 e. The van der Waals surface area contributed by atoms with E-state index in [1.165, 1.54) is 16.6 Å². The molecule has 3 N–H and O–H groups in total. The Kier molecular flexibility index (Phi) is 5.63. The highest BCUT2D eigenvalue weighted by atomic mass is 32.2. The van der Waals surface area contributed by atoms with Gasteiger partial charge in [-0.2, -0.15) is 0 Å². The Morgan fingerprint density at radius 2 is 2.00 bits per heavy atom. The molecule has 26 heavy (non-hydrogen) atoms. The molecule has 6 nitrogen and oxygen atoms in total. The number of carbonyl (C=O) groups excluding carboxylic acids is 1. The first kappa shape index (κ1) is 18.5. The molecule has 1 amide bonds. The molecule has 3 rings (SSSR count). The van der Waals surface area contributed by atoms with Gasteiger partial charge in [-0.25, -0.2) is 9.97 Å². The van der Waals surface area contributed by atoms with Crippen LogP contribution in [0.5, 0.6) is 5.75 Å². The molecule has 0 spiro atoms. The van der Waals surface area contributed by atoms with E-state index in [0.29, 0.717) is 17.5 Å². The standard InChI is InChI=1S/C18H20N4O2S2/c1-10-11(2)26-17-15(10)16(19)21-18(22-17)25-9-14(23)20-8-12-4-6-13(24-3)7-5-12/h4-7H,8-9H2,1-3H3,(H,20,23)(H2,19,21,22). The van der Waals surface area contributed by atoms with Crippen molar-refractivity contribution >= 4 is 45.0 Å². The highest BCUT2D eigenvalue weighted by Crippen LogP contribution is 2.33. The molecule has 1 aromatic carbocycles. The number of anilines is 1. The number of nitrogen functional groups attached to an aromatic ring is 1. The Morgan fingerprint density at radius 3 is 2.69 bits per heavy atom. The molecular weight excluding hydrogens is 368 g/mol. The molecule has 0 saturated heterocycles. The van der Waals surface area contributed by atoms with Gasteiger partial charge in [0, 0.05) is 11.4 Å². The van der Waals surface area contributed by atoms with Crippen molar-refractivity contribution in [3.05, 3.63) is 40.3 Å². The molecule has 0 unspecified atom stereocenters. The molecule has 0 aliphatic carbocycles. The van der Waals surface area contributed by atoms with Crippen LogP contribution in [0.1, 0.15) is 16.0 Å². The number of rotatable bonds is 6. The zero-order valence-corrected chi connectivity index (χ0v) is 16.5. The number of methoxy groups -OCH3 is 1. The lowest BCUT2D eigenvalue weighted by molar-refractivity contribution is -0.118. The number of amides is 1. The van der Waals surface area contributed by atoms with Crippen LogP contribution in [-0.2, 0) is 11.3 Å². The van der Waals surface area contributed by atoms with E-state index in [-0.39, 0.29) is 11.7 Å². The van der Waals surface area contributed by atoms with Gasteiger partial charge < -0.3 is 15.8 Å². The predicted octanol–water partition coefficient (Wildman–Crippen LogP) is 3.31. The van der Waals surface area contributed by atoms with Gasteiger partial charge in [-0.1, -0.05) is 23.9 Å². The van der Waals surface area contributed by atoms with Crippen LogP contribution in [0.3, 0.4) is 0 Å². The van der Waals surface area contributed by atoms with Crippen molar-refractivity contribution in [1.29, 1.82) is 0 Å². The maximum Gasteiger partial charge on any atom is 0.230 e. The number of fused-ring (bicyclic) bond motifs is 1. The first-order chi connectivity index (χ1) is 12.5. The van der Waals surface area contributed by atoms with E-state index in [1.54, 1.807) is 18.4 Å². The summed E-state index contributed by atoms with van der Waals surface area (Å²) in [5, 5.41) is 4.33. The Hall–Kier alpha value is -2.32. The Bertz CT molecular complexity index is 939. The number of ether oxygens (including phenoxy) is 1. The number of thiophene rings is 1. The molecule has 0 fully saturated rings. The lowest BCUT2D eigenvalue weighted by atomic mass is 10.2. The van der Waals surface area contributed by atoms with E-state index in [9.17, 15) is 4.79 Å². The van der Waals surface area contributed by atoms with Crippen molar-refractivity contribution in [2.75, 3.05) is 18.6 Å². The fourth-order valence-corrected chi connectivity index (χ4v) is 4.23. The van der Waals surface area contributed by atoms with E-state index in [2.05, 4.69) is 15.3 Å². The fraction of sp³-hybridized carbons (Fsp3) is 0.278. The molecule has 0 aliphatic rings. The summed E-state index contributed by atoms with van der Waals surface area (Å²) in [6.07, 6.45) is 0. The van der Waals surface area contributed by atoms with Crippen molar-refractivity contribution in [3.8, 4) is 5.75 Å². The number of thioether (sulfide) groups is 1. The highest BCUT2D eigenvalue weighted by Gasteiger charge is 2.13. The van der Waals surface area contributed by atoms with Gasteiger partial charge in [0.15, 0.2) is 5.16 Å². The fourth-order valence-electron chi connectivity index (χ4n) is 2.45. The zero-order valence-electron chi connectivity index (χ0n) is 14.8. The Morgan fingerprint density at radius 1 is 1.27 bits per heavy atom. The third-order valence-electron chi connectivity index (χ3n) is 4.02. The largest absolute Gasteiger partial charge is 0.497 e. The molecule has 2 aromatic heterocycles. The molecule has 0 aliphatic heterocycles. The van der Waals surface area contributed by atoms with E-state index in [4.69, 9.17) is 10.5 Å². The normalized spacial score (nSPS) is 10.9. The topological polar surface area (TPSA) is 90.1 Å². The number of aromatic nitrogens is 2. The van der Waals surface area contributed by atoms with Crippen LogP contribution in [0.25, 0.3) is 10.2 Å². The zero-order chi connectivity index (χ0) is 18.7. The van der Waals surface area contributed by atoms with Crippen molar-refractivity contribution in [2.45, 2.75) is 25.5 Å². The quantitative estimate of drug-likeness (QED) is 0.497. The van der Waals surface area contributed by atoms with E-state index in [0.717, 1.165) is 27.1 Å². The monoisotopic (exact) mass is 388 g/mol. The summed E-state index contributed by atoms with van der Waals surface area (Å²) in [6, 6.07) is 7.58. The van der Waals surface area contributed by atoms with Crippen LogP contribution in [0, 0.1) is 13.8 Å². The van der Waals surface area contributed by atoms with Crippen LogP contribution < -0.4 is 15.8 Å². The van der Waals surface area contributed by atoms with Gasteiger partial charge in [0.2, 0.25) is 5.91 Å². The van der Waals surface area contributed by atoms with Crippen molar-refractivity contribution in [1.82, 2.24) is 15.3 Å². The summed E-state index contributed by atoms with van der Waals surface area (Å²) in [6.45, 7) is 4.53. The first-order valence-electron chi connectivity index (χ1n) is 8.03. The summed E-state index contributed by atoms with van der Waals surface area (Å²) >= 11 is 2.88. The van der Waals surface area contributed by atoms with Gasteiger partial charge in [0.05, 0.1) is 18.2 Å². The van der Waals surface area contributed by atoms with Crippen LogP contribution in [0.2, 0.25) is 0 Å². The van der Waals surface area contributed by atoms with Crippen molar-refractivity contribution < 1.29 is 9.53 Å². The van der Waals surface area contributed by atoms with E-state index < -0.39 is 0 Å². The molecule has 0 radical (unpaired) electrons. The molecular formula is C18H20N4O2S2. The second kappa shape index (κ2) is 7.92. The molecule has 8 heteroatoms. The summed E-state index contributed by atoms with van der Waals surface area (Å²) in [7, 11) is 1.62. The number of nitrogens with two attached hydrogens (primary N) is 1. The number of hydrogen-bond donors (Lipinski definition) is 2. The average Bonchev–Trinajstić information content (AvgIpc) is 2.93. The number of benzene rings is 1. The first-order valence-corrected chi connectivity index (χ1v) is 9.83. The number of nitrogens with zero attached hydrogens (tertiary/aromatic N) is 2. The van der Waals surface area contributed by atoms with E-state index in [1.807, 2.05) is 38.1 Å². The number of hydrogen-bond acceptors (Lipinski definition) is 7. The predicted molar refractivity (Wildman–Crippen MR) is 107 cm³/mol. The maximum atomic E-state index is 12.1. The summed E-state index contributed by atoms with van der Waals surface area (Å²) < 4.78 is 5.12. The van der Waals surface area contributed by atoms with Gasteiger partial charge in [0.1, 0.15) is 16.4 Å². The summed E-state index contributed by atoms with van der Waals surface area (Å²) in [5.41, 5.74) is 8.20. The lowest BCUT2D eigenvalue weighted by Gasteiger charge is -2.06. The minimum absolute atomic E-state index is 0.0772. The summed E-state index contributed by atoms with van der Waals surface area (Å²) in [4.78, 5) is 23.0. The highest BCUT2D eigenvalue weighted by molar-refractivity contribution is 7.99. The molecule has 2 heterocycles. The number of carbonyl (C=O) groups is 1. The maximum absolute atomic E-state index is 12.1. The minimum Gasteiger partial charge on any atom is -0.497 e. The second-order valence-electron chi connectivity index (χ2n) is 5.77. The third kappa shape index (κ3) is 4.08. The molecule has 3 aromatic rings. The number of aryl methyl sites for hydroxylation is 2. The lowest BCUT2D eigenvalue weighted by Crippen LogP contribution is -2.24. The summed E-state index contributed by atoms with van der Waals surface area (Å²) in [5.74, 6) is 1.43. The Labute approximate surface area is 160 Å². The van der Waals surface area contributed by atoms with Gasteiger partial charge in [-0.15, -0.1) is 11.3 Å². The van der Waals surface area contributed by atoms with Crippen LogP contribution in [-0.4, -0.2) is 28.7 Å². The number of nitrogens with one attached hydrogen (secondary N) is 1. The average molecular weight is 389 g/mol. The second-order valence-corrected chi connectivity index (χ2v) is 7.91. The third-order valence-corrected chi connectivity index (χ3v) is 5.97. The van der Waals surface area contributed by atoms with Gasteiger partial charge in [0.25, 0.3) is 0 Å². The van der Waals surface area contributed by atoms with Gasteiger partial charge in [-0.3, -0.25) is 4.79 Å². The Balaban J connectivity index is 1.58. The van der Waals surface area contributed by atoms with Crippen LogP contribution in [0.4, 0.5) is 5.82 Å². The molecule has 0 atom stereocenters. The van der Waals surface area contributed by atoms with Crippen LogP contribution in [0.15, 0.2) is 29.4 Å². The minimum atomic E-state index is -0.0772. The van der Waals surface area contributed by atoms with Gasteiger partial charge in [-0.05, 0) is 37.1 Å². The SMILES string of the molecule is COc1ccc(CNC(=O)CSc2nc(N)c3c(C)c(C)sc3n2)cc1. The van der Waals surface area contributed by atoms with Crippen molar-refractivity contribution in [3.63, 3.8) is 0 Å². The molecule has 0 bridgehead atoms. The molecule has 0 saturated carbocycles. The van der Waals surface area contributed by atoms with Crippen molar-refractivity contribution in [2.24, 2.45) is 0 Å². The van der Waals surface area contributed by atoms with Gasteiger partial charge >= 0.3 is 0 Å². The van der Waals surface area contributed by atoms with E-state index >= 15 is 0 Å². The molecule has 136 valence electrons. The van der Waals surface area contributed by atoms with Crippen LogP contribution >= 0.6 is 23.1 Å².